The minimum Gasteiger partial charge on any atom is -0.484 e. The van der Waals surface area contributed by atoms with Crippen LogP contribution in [-0.4, -0.2) is 36.3 Å². The van der Waals surface area contributed by atoms with Gasteiger partial charge >= 0.3 is 0 Å². The van der Waals surface area contributed by atoms with Crippen LogP contribution in [0.25, 0.3) is 21.9 Å². The molecule has 31 heavy (non-hydrogen) atoms. The molecule has 0 N–H and O–H groups in total. The van der Waals surface area contributed by atoms with E-state index >= 15 is 0 Å². The van der Waals surface area contributed by atoms with E-state index in [-0.39, 0.29) is 23.9 Å². The van der Waals surface area contributed by atoms with Crippen LogP contribution in [0, 0.1) is 17.1 Å². The van der Waals surface area contributed by atoms with Crippen molar-refractivity contribution in [2.24, 2.45) is 0 Å². The Morgan fingerprint density at radius 2 is 2.03 bits per heavy atom. The van der Waals surface area contributed by atoms with Crippen molar-refractivity contribution in [3.63, 3.8) is 0 Å². The molecule has 0 radical (unpaired) electrons. The average Bonchev–Trinajstić information content (AvgIpc) is 3.61. The molecule has 0 unspecified atom stereocenters. The lowest BCUT2D eigenvalue weighted by molar-refractivity contribution is -0.170. The maximum atomic E-state index is 14.0. The van der Waals surface area contributed by atoms with Crippen LogP contribution in [0.15, 0.2) is 47.3 Å². The number of likely N-dealkylation sites (N-methyl/N-ethyl adjacent to an activating group) is 1. The maximum Gasteiger partial charge on any atom is 0.283 e. The number of fused-ring (bicyclic) bond motifs is 1. The number of nitrogens with zero attached hydrogens (tertiary/aromatic N) is 3. The molecule has 1 aromatic heterocycles. The number of hydrogen-bond acceptors (Lipinski definition) is 5. The van der Waals surface area contributed by atoms with Gasteiger partial charge in [0.2, 0.25) is 0 Å². The molecule has 0 bridgehead atoms. The molecule has 0 saturated heterocycles. The Morgan fingerprint density at radius 3 is 2.68 bits per heavy atom. The number of ether oxygens (including phenoxy) is 1. The van der Waals surface area contributed by atoms with E-state index in [1.165, 1.54) is 30.9 Å². The summed E-state index contributed by atoms with van der Waals surface area (Å²) in [7, 11) is 2.83. The van der Waals surface area contributed by atoms with Crippen LogP contribution in [0.4, 0.5) is 4.39 Å². The van der Waals surface area contributed by atoms with Crippen LogP contribution >= 0.6 is 0 Å². The molecule has 0 spiro atoms. The molecule has 2 aromatic carbocycles. The van der Waals surface area contributed by atoms with Gasteiger partial charge in [-0.3, -0.25) is 19.0 Å². The zero-order valence-electron chi connectivity index (χ0n) is 17.1. The largest absolute Gasteiger partial charge is 0.484 e. The van der Waals surface area contributed by atoms with E-state index in [2.05, 4.69) is 6.07 Å². The third-order valence-electron chi connectivity index (χ3n) is 5.31. The number of rotatable bonds is 6. The Bertz CT molecular complexity index is 1270. The molecule has 1 aliphatic rings. The summed E-state index contributed by atoms with van der Waals surface area (Å²) in [4.78, 5) is 30.0. The number of nitriles is 1. The summed E-state index contributed by atoms with van der Waals surface area (Å²) in [6.07, 6.45) is 1.64. The smallest absolute Gasteiger partial charge is 0.283 e. The van der Waals surface area contributed by atoms with Crippen LogP contribution in [0.2, 0.25) is 0 Å². The number of hydrogen-bond donors (Lipinski definition) is 0. The third kappa shape index (κ3) is 3.88. The molecule has 1 fully saturated rings. The second-order valence-corrected chi connectivity index (χ2v) is 7.32. The molecule has 1 amide bonds. The van der Waals surface area contributed by atoms with Gasteiger partial charge in [0.15, 0.2) is 6.61 Å². The topological polar surface area (TPSA) is 84.6 Å². The highest BCUT2D eigenvalue weighted by Crippen LogP contribution is 2.39. The average molecular weight is 421 g/mol. The summed E-state index contributed by atoms with van der Waals surface area (Å²) in [5.41, 5.74) is 0.881. The number of carbonyl (C=O) groups excluding carboxylic acids is 1. The molecule has 3 aromatic rings. The van der Waals surface area contributed by atoms with Gasteiger partial charge in [-0.05, 0) is 48.7 Å². The van der Waals surface area contributed by atoms with Gasteiger partial charge in [0.1, 0.15) is 23.3 Å². The van der Waals surface area contributed by atoms with Crippen molar-refractivity contribution in [2.75, 3.05) is 20.8 Å². The first-order chi connectivity index (χ1) is 14.9. The van der Waals surface area contributed by atoms with Crippen molar-refractivity contribution in [1.82, 2.24) is 9.63 Å². The Balaban J connectivity index is 1.90. The summed E-state index contributed by atoms with van der Waals surface area (Å²) < 4.78 is 21.1. The fourth-order valence-corrected chi connectivity index (χ4v) is 3.55. The minimum atomic E-state index is -0.445. The Morgan fingerprint density at radius 1 is 1.26 bits per heavy atom. The van der Waals surface area contributed by atoms with Crippen molar-refractivity contribution in [1.29, 1.82) is 5.26 Å². The van der Waals surface area contributed by atoms with E-state index in [4.69, 9.17) is 9.57 Å². The molecule has 0 atom stereocenters. The summed E-state index contributed by atoms with van der Waals surface area (Å²) in [6.45, 7) is -0.268. The molecule has 8 heteroatoms. The summed E-state index contributed by atoms with van der Waals surface area (Å²) in [5.74, 6) is -0.496. The van der Waals surface area contributed by atoms with Gasteiger partial charge in [-0.15, -0.1) is 0 Å². The first-order valence-corrected chi connectivity index (χ1v) is 9.76. The molecular weight excluding hydrogens is 401 g/mol. The summed E-state index contributed by atoms with van der Waals surface area (Å²) in [5, 5.41) is 11.8. The van der Waals surface area contributed by atoms with Gasteiger partial charge in [0, 0.05) is 29.4 Å². The molecule has 1 saturated carbocycles. The minimum absolute atomic E-state index is 0.0306. The van der Waals surface area contributed by atoms with E-state index in [0.29, 0.717) is 27.6 Å². The van der Waals surface area contributed by atoms with E-state index < -0.39 is 11.7 Å². The molecule has 7 nitrogen and oxygen atoms in total. The SMILES string of the molecule is CON(C)C(=O)COc1ccc2c(=O)n(C3CC3)c(C#N)c(-c3cccc(F)c3)c2c1. The lowest BCUT2D eigenvalue weighted by Crippen LogP contribution is -2.30. The second-order valence-electron chi connectivity index (χ2n) is 7.32. The van der Waals surface area contributed by atoms with Crippen LogP contribution in [0.1, 0.15) is 24.6 Å². The fraction of sp³-hybridized carbons (Fsp3) is 0.261. The predicted molar refractivity (Wildman–Crippen MR) is 112 cm³/mol. The lowest BCUT2D eigenvalue weighted by Gasteiger charge is -2.17. The number of amides is 1. The normalized spacial score (nSPS) is 13.1. The highest BCUT2D eigenvalue weighted by molar-refractivity contribution is 5.99. The Labute approximate surface area is 177 Å². The van der Waals surface area contributed by atoms with Crippen molar-refractivity contribution in [3.05, 3.63) is 64.3 Å². The van der Waals surface area contributed by atoms with Gasteiger partial charge in [-0.2, -0.15) is 5.26 Å². The monoisotopic (exact) mass is 421 g/mol. The van der Waals surface area contributed by atoms with Crippen molar-refractivity contribution in [2.45, 2.75) is 18.9 Å². The predicted octanol–water partition coefficient (Wildman–Crippen LogP) is 3.41. The summed E-state index contributed by atoms with van der Waals surface area (Å²) >= 11 is 0. The van der Waals surface area contributed by atoms with Crippen LogP contribution in [0.5, 0.6) is 5.75 Å². The zero-order valence-corrected chi connectivity index (χ0v) is 17.1. The van der Waals surface area contributed by atoms with Crippen LogP contribution < -0.4 is 10.3 Å². The van der Waals surface area contributed by atoms with Crippen LogP contribution in [0.3, 0.4) is 0 Å². The Hall–Kier alpha value is -3.70. The fourth-order valence-electron chi connectivity index (χ4n) is 3.55. The quantitative estimate of drug-likeness (QED) is 0.570. The van der Waals surface area contributed by atoms with Crippen molar-refractivity contribution in [3.8, 4) is 22.9 Å². The standard InChI is InChI=1S/C23H20FN3O4/c1-26(30-2)21(28)13-31-17-8-9-18-19(11-17)22(14-4-3-5-15(24)10-14)20(12-25)27(23(18)29)16-6-7-16/h3-5,8-11,16H,6-7,13H2,1-2H3. The number of aromatic nitrogens is 1. The molecule has 0 aliphatic heterocycles. The zero-order chi connectivity index (χ0) is 22.1. The number of carbonyl (C=O) groups is 1. The molecule has 4 rings (SSSR count). The number of benzene rings is 2. The van der Waals surface area contributed by atoms with Crippen molar-refractivity contribution >= 4 is 16.7 Å². The Kier molecular flexibility index (Phi) is 5.44. The number of halogens is 1. The van der Waals surface area contributed by atoms with E-state index in [9.17, 15) is 19.2 Å². The van der Waals surface area contributed by atoms with Crippen LogP contribution in [-0.2, 0) is 9.63 Å². The lowest BCUT2D eigenvalue weighted by atomic mass is 9.96. The van der Waals surface area contributed by atoms with Gasteiger partial charge in [0.25, 0.3) is 11.5 Å². The van der Waals surface area contributed by atoms with E-state index in [1.807, 2.05) is 0 Å². The second kappa shape index (κ2) is 8.20. The number of hydroxylamine groups is 2. The first kappa shape index (κ1) is 20.6. The maximum absolute atomic E-state index is 14.0. The molecule has 1 heterocycles. The van der Waals surface area contributed by atoms with E-state index in [0.717, 1.165) is 17.9 Å². The van der Waals surface area contributed by atoms with Crippen molar-refractivity contribution < 1.29 is 18.8 Å². The summed E-state index contributed by atoms with van der Waals surface area (Å²) in [6, 6.07) is 12.9. The highest BCUT2D eigenvalue weighted by atomic mass is 19.1. The van der Waals surface area contributed by atoms with Gasteiger partial charge in [-0.25, -0.2) is 9.45 Å². The molecular formula is C23H20FN3O4. The first-order valence-electron chi connectivity index (χ1n) is 9.76. The molecule has 158 valence electrons. The third-order valence-corrected chi connectivity index (χ3v) is 5.31. The number of pyridine rings is 1. The molecule has 1 aliphatic carbocycles. The van der Waals surface area contributed by atoms with Gasteiger partial charge in [-0.1, -0.05) is 12.1 Å². The van der Waals surface area contributed by atoms with E-state index in [1.54, 1.807) is 30.3 Å². The highest BCUT2D eigenvalue weighted by Gasteiger charge is 2.30. The van der Waals surface area contributed by atoms with Gasteiger partial charge in [0.05, 0.1) is 7.11 Å². The van der Waals surface area contributed by atoms with Gasteiger partial charge < -0.3 is 4.74 Å².